The fourth-order valence-corrected chi connectivity index (χ4v) is 3.11. The van der Waals surface area contributed by atoms with Gasteiger partial charge in [-0.15, -0.1) is 0 Å². The van der Waals surface area contributed by atoms with E-state index in [2.05, 4.69) is 5.32 Å². The molecule has 0 unspecified atom stereocenters. The molecule has 10 heteroatoms. The first-order valence-electron chi connectivity index (χ1n) is 9.28. The molecule has 8 nitrogen and oxygen atoms in total. The maximum absolute atomic E-state index is 13.6. The van der Waals surface area contributed by atoms with Crippen molar-refractivity contribution in [3.05, 3.63) is 88.9 Å². The molecule has 2 aromatic carbocycles. The number of rotatable bonds is 6. The Labute approximate surface area is 179 Å². The molecule has 32 heavy (non-hydrogen) atoms. The maximum atomic E-state index is 13.6. The van der Waals surface area contributed by atoms with Crippen LogP contribution in [-0.2, 0) is 16.1 Å². The van der Waals surface area contributed by atoms with E-state index >= 15 is 0 Å². The van der Waals surface area contributed by atoms with E-state index in [0.29, 0.717) is 5.76 Å². The van der Waals surface area contributed by atoms with Crippen molar-refractivity contribution < 1.29 is 37.1 Å². The van der Waals surface area contributed by atoms with Crippen LogP contribution in [0.5, 0.6) is 0 Å². The number of imide groups is 1. The molecular formula is C22H14F2N2O6. The van der Waals surface area contributed by atoms with Crippen LogP contribution in [0.4, 0.5) is 14.5 Å². The van der Waals surface area contributed by atoms with Crippen molar-refractivity contribution in [3.63, 3.8) is 0 Å². The van der Waals surface area contributed by atoms with E-state index in [9.17, 15) is 28.0 Å². The van der Waals surface area contributed by atoms with Gasteiger partial charge in [-0.3, -0.25) is 19.3 Å². The van der Waals surface area contributed by atoms with Crippen LogP contribution in [0.1, 0.15) is 36.8 Å². The number of furan rings is 1. The van der Waals surface area contributed by atoms with Crippen molar-refractivity contribution >= 4 is 29.4 Å². The number of benzene rings is 2. The van der Waals surface area contributed by atoms with Gasteiger partial charge in [0.2, 0.25) is 0 Å². The van der Waals surface area contributed by atoms with Gasteiger partial charge in [-0.2, -0.15) is 0 Å². The second-order valence-electron chi connectivity index (χ2n) is 6.78. The van der Waals surface area contributed by atoms with Gasteiger partial charge in [0.25, 0.3) is 17.7 Å². The third-order valence-electron chi connectivity index (χ3n) is 4.64. The van der Waals surface area contributed by atoms with Crippen LogP contribution in [0.25, 0.3) is 0 Å². The first-order chi connectivity index (χ1) is 15.3. The van der Waals surface area contributed by atoms with Crippen LogP contribution in [0, 0.1) is 11.6 Å². The molecule has 0 saturated carbocycles. The highest BCUT2D eigenvalue weighted by Gasteiger charge is 2.36. The van der Waals surface area contributed by atoms with Crippen LogP contribution < -0.4 is 5.32 Å². The van der Waals surface area contributed by atoms with E-state index in [1.54, 1.807) is 12.1 Å². The minimum absolute atomic E-state index is 0.0160. The average Bonchev–Trinajstić information content (AvgIpc) is 3.37. The summed E-state index contributed by atoms with van der Waals surface area (Å²) in [5.74, 6) is -4.15. The summed E-state index contributed by atoms with van der Waals surface area (Å²) in [6.07, 6.45) is 1.42. The monoisotopic (exact) mass is 440 g/mol. The van der Waals surface area contributed by atoms with Crippen molar-refractivity contribution in [1.29, 1.82) is 0 Å². The Bertz CT molecular complexity index is 1240. The highest BCUT2D eigenvalue weighted by Crippen LogP contribution is 2.26. The number of anilines is 1. The summed E-state index contributed by atoms with van der Waals surface area (Å²) in [6, 6.07) is 9.56. The van der Waals surface area contributed by atoms with Crippen LogP contribution in [0.15, 0.2) is 59.2 Å². The van der Waals surface area contributed by atoms with Crippen LogP contribution in [-0.4, -0.2) is 35.2 Å². The Kier molecular flexibility index (Phi) is 5.50. The van der Waals surface area contributed by atoms with Crippen molar-refractivity contribution in [2.24, 2.45) is 0 Å². The van der Waals surface area contributed by atoms with E-state index in [1.165, 1.54) is 24.5 Å². The highest BCUT2D eigenvalue weighted by molar-refractivity contribution is 6.21. The van der Waals surface area contributed by atoms with E-state index in [-0.39, 0.29) is 23.2 Å². The number of carbonyl (C=O) groups excluding carboxylic acids is 4. The molecule has 1 aromatic heterocycles. The smallest absolute Gasteiger partial charge is 0.338 e. The van der Waals surface area contributed by atoms with Crippen molar-refractivity contribution in [1.82, 2.24) is 4.90 Å². The van der Waals surface area contributed by atoms with Gasteiger partial charge in [0.05, 0.1) is 35.2 Å². The molecule has 1 aliphatic rings. The summed E-state index contributed by atoms with van der Waals surface area (Å²) in [6.45, 7) is -0.834. The second kappa shape index (κ2) is 8.42. The van der Waals surface area contributed by atoms with Crippen LogP contribution >= 0.6 is 0 Å². The lowest BCUT2D eigenvalue weighted by Crippen LogP contribution is -2.28. The summed E-state index contributed by atoms with van der Waals surface area (Å²) in [5.41, 5.74) is -0.321. The molecule has 1 N–H and O–H groups in total. The van der Waals surface area contributed by atoms with E-state index in [0.717, 1.165) is 23.1 Å². The molecule has 0 radical (unpaired) electrons. The standard InChI is InChI=1S/C22H14F2N2O6/c23-13-4-6-17(24)18(9-13)25-19(27)11-32-22(30)12-3-5-15-16(8-12)21(29)26(20(15)28)10-14-2-1-7-31-14/h1-9H,10-11H2,(H,25,27). The lowest BCUT2D eigenvalue weighted by Gasteiger charge is -2.11. The van der Waals surface area contributed by atoms with Gasteiger partial charge in [-0.1, -0.05) is 0 Å². The zero-order valence-electron chi connectivity index (χ0n) is 16.3. The third-order valence-corrected chi connectivity index (χ3v) is 4.64. The SMILES string of the molecule is O=C(COC(=O)c1ccc2c(c1)C(=O)N(Cc1ccco1)C2=O)Nc1cc(F)ccc1F. The van der Waals surface area contributed by atoms with Gasteiger partial charge in [-0.25, -0.2) is 13.6 Å². The summed E-state index contributed by atoms with van der Waals surface area (Å²) < 4.78 is 36.8. The van der Waals surface area contributed by atoms with Gasteiger partial charge in [0, 0.05) is 6.07 Å². The molecule has 2 heterocycles. The van der Waals surface area contributed by atoms with E-state index < -0.39 is 47.6 Å². The Hall–Kier alpha value is -4.34. The minimum Gasteiger partial charge on any atom is -0.467 e. The minimum atomic E-state index is -0.938. The number of halogens is 2. The number of nitrogens with one attached hydrogen (secondary N) is 1. The van der Waals surface area contributed by atoms with Gasteiger partial charge in [0.1, 0.15) is 17.4 Å². The highest BCUT2D eigenvalue weighted by atomic mass is 19.1. The number of ether oxygens (including phenoxy) is 1. The molecule has 0 aliphatic carbocycles. The third kappa shape index (κ3) is 4.10. The molecule has 1 aliphatic heterocycles. The number of amides is 3. The number of nitrogens with zero attached hydrogens (tertiary/aromatic N) is 1. The normalized spacial score (nSPS) is 12.6. The predicted molar refractivity (Wildman–Crippen MR) is 105 cm³/mol. The van der Waals surface area contributed by atoms with Gasteiger partial charge in [-0.05, 0) is 42.5 Å². The van der Waals surface area contributed by atoms with E-state index in [4.69, 9.17) is 9.15 Å². The Morgan fingerprint density at radius 3 is 2.53 bits per heavy atom. The zero-order chi connectivity index (χ0) is 22.8. The maximum Gasteiger partial charge on any atom is 0.338 e. The summed E-state index contributed by atoms with van der Waals surface area (Å²) in [4.78, 5) is 50.3. The fraction of sp³-hybridized carbons (Fsp3) is 0.0909. The second-order valence-corrected chi connectivity index (χ2v) is 6.78. The van der Waals surface area contributed by atoms with Crippen molar-refractivity contribution in [3.8, 4) is 0 Å². The molecule has 0 atom stereocenters. The molecule has 3 aromatic rings. The number of hydrogen-bond donors (Lipinski definition) is 1. The van der Waals surface area contributed by atoms with Gasteiger partial charge >= 0.3 is 5.97 Å². The summed E-state index contributed by atoms with van der Waals surface area (Å²) in [7, 11) is 0. The first-order valence-corrected chi connectivity index (χ1v) is 9.28. The molecule has 0 bridgehead atoms. The number of fused-ring (bicyclic) bond motifs is 1. The lowest BCUT2D eigenvalue weighted by atomic mass is 10.1. The van der Waals surface area contributed by atoms with Gasteiger partial charge < -0.3 is 14.5 Å². The summed E-state index contributed by atoms with van der Waals surface area (Å²) in [5, 5.41) is 2.09. The molecule has 162 valence electrons. The molecule has 0 spiro atoms. The Morgan fingerprint density at radius 2 is 1.78 bits per heavy atom. The molecule has 0 saturated heterocycles. The largest absolute Gasteiger partial charge is 0.467 e. The van der Waals surface area contributed by atoms with Gasteiger partial charge in [0.15, 0.2) is 6.61 Å². The predicted octanol–water partition coefficient (Wildman–Crippen LogP) is 3.15. The topological polar surface area (TPSA) is 106 Å². The number of esters is 1. The van der Waals surface area contributed by atoms with Crippen molar-refractivity contribution in [2.75, 3.05) is 11.9 Å². The Balaban J connectivity index is 1.41. The Morgan fingerprint density at radius 1 is 1.00 bits per heavy atom. The van der Waals surface area contributed by atoms with Crippen LogP contribution in [0.2, 0.25) is 0 Å². The summed E-state index contributed by atoms with van der Waals surface area (Å²) >= 11 is 0. The lowest BCUT2D eigenvalue weighted by molar-refractivity contribution is -0.119. The van der Waals surface area contributed by atoms with E-state index in [1.807, 2.05) is 0 Å². The first kappa shape index (κ1) is 20.9. The number of carbonyl (C=O) groups is 4. The number of hydrogen-bond acceptors (Lipinski definition) is 6. The molecule has 4 rings (SSSR count). The van der Waals surface area contributed by atoms with Crippen LogP contribution in [0.3, 0.4) is 0 Å². The van der Waals surface area contributed by atoms with Crippen molar-refractivity contribution in [2.45, 2.75) is 6.54 Å². The fourth-order valence-electron chi connectivity index (χ4n) is 3.11. The molecule has 3 amide bonds. The molecular weight excluding hydrogens is 426 g/mol. The quantitative estimate of drug-likeness (QED) is 0.466. The average molecular weight is 440 g/mol. The molecule has 0 fully saturated rings. The zero-order valence-corrected chi connectivity index (χ0v) is 16.3.